The van der Waals surface area contributed by atoms with Crippen LogP contribution in [0.3, 0.4) is 0 Å². The van der Waals surface area contributed by atoms with E-state index < -0.39 is 0 Å². The molecule has 1 fully saturated rings. The molecule has 1 saturated heterocycles. The molecule has 0 radical (unpaired) electrons. The third-order valence-electron chi connectivity index (χ3n) is 3.49. The second-order valence-corrected chi connectivity index (χ2v) is 5.62. The molecular formula is C16H24FNO2. The normalized spacial score (nSPS) is 20.4. The Morgan fingerprint density at radius 1 is 1.40 bits per heavy atom. The van der Waals surface area contributed by atoms with Crippen LogP contribution in [-0.4, -0.2) is 25.4 Å². The third kappa shape index (κ3) is 4.18. The summed E-state index contributed by atoms with van der Waals surface area (Å²) < 4.78 is 24.9. The molecule has 0 aromatic heterocycles. The van der Waals surface area contributed by atoms with Crippen molar-refractivity contribution >= 4 is 0 Å². The third-order valence-corrected chi connectivity index (χ3v) is 3.49. The number of hydrogen-bond donors (Lipinski definition) is 1. The van der Waals surface area contributed by atoms with Gasteiger partial charge in [-0.2, -0.15) is 0 Å². The molecule has 3 nitrogen and oxygen atoms in total. The lowest BCUT2D eigenvalue weighted by Gasteiger charge is -2.18. The van der Waals surface area contributed by atoms with Crippen molar-refractivity contribution in [2.45, 2.75) is 51.9 Å². The highest BCUT2D eigenvalue weighted by atomic mass is 19.1. The van der Waals surface area contributed by atoms with Crippen molar-refractivity contribution in [2.24, 2.45) is 0 Å². The van der Waals surface area contributed by atoms with Crippen LogP contribution in [-0.2, 0) is 4.74 Å². The second-order valence-electron chi connectivity index (χ2n) is 5.62. The number of halogens is 1. The molecule has 1 N–H and O–H groups in total. The van der Waals surface area contributed by atoms with E-state index in [1.807, 2.05) is 26.8 Å². The van der Waals surface area contributed by atoms with E-state index in [-0.39, 0.29) is 18.0 Å². The number of ether oxygens (including phenoxy) is 2. The van der Waals surface area contributed by atoms with Crippen LogP contribution in [0.2, 0.25) is 0 Å². The summed E-state index contributed by atoms with van der Waals surface area (Å²) in [5.41, 5.74) is 0.927. The topological polar surface area (TPSA) is 30.5 Å². The molecule has 1 aromatic rings. The first-order valence-corrected chi connectivity index (χ1v) is 7.37. The lowest BCUT2D eigenvalue weighted by atomic mass is 10.1. The number of nitrogens with one attached hydrogen (secondary N) is 1. The summed E-state index contributed by atoms with van der Waals surface area (Å²) in [7, 11) is 0. The molecule has 1 aliphatic heterocycles. The molecule has 1 aliphatic rings. The Labute approximate surface area is 120 Å². The first-order chi connectivity index (χ1) is 9.56. The van der Waals surface area contributed by atoms with Gasteiger partial charge in [0, 0.05) is 19.2 Å². The van der Waals surface area contributed by atoms with Gasteiger partial charge >= 0.3 is 0 Å². The molecule has 2 atom stereocenters. The lowest BCUT2D eigenvalue weighted by Crippen LogP contribution is -2.28. The average molecular weight is 281 g/mol. The summed E-state index contributed by atoms with van der Waals surface area (Å²) in [5.74, 6) is 0.0112. The van der Waals surface area contributed by atoms with Crippen LogP contribution in [0.25, 0.3) is 0 Å². The molecule has 0 saturated carbocycles. The Morgan fingerprint density at radius 2 is 2.20 bits per heavy atom. The predicted molar refractivity (Wildman–Crippen MR) is 77.6 cm³/mol. The lowest BCUT2D eigenvalue weighted by molar-refractivity contribution is 0.108. The van der Waals surface area contributed by atoms with E-state index in [0.717, 1.165) is 31.6 Å². The van der Waals surface area contributed by atoms with Gasteiger partial charge in [-0.05, 0) is 51.3 Å². The van der Waals surface area contributed by atoms with Crippen LogP contribution < -0.4 is 10.1 Å². The smallest absolute Gasteiger partial charge is 0.165 e. The van der Waals surface area contributed by atoms with Crippen LogP contribution in [0, 0.1) is 5.82 Å². The van der Waals surface area contributed by atoms with Crippen LogP contribution in [0.1, 0.15) is 45.2 Å². The van der Waals surface area contributed by atoms with Crippen LogP contribution in [0.5, 0.6) is 5.75 Å². The van der Waals surface area contributed by atoms with E-state index in [9.17, 15) is 4.39 Å². The minimum atomic E-state index is -0.304. The minimum Gasteiger partial charge on any atom is -0.488 e. The Bertz CT molecular complexity index is 430. The predicted octanol–water partition coefficient (Wildman–Crippen LogP) is 3.44. The van der Waals surface area contributed by atoms with Crippen molar-refractivity contribution in [1.82, 2.24) is 5.32 Å². The highest BCUT2D eigenvalue weighted by Gasteiger charge is 2.17. The number of hydrogen-bond acceptors (Lipinski definition) is 3. The first kappa shape index (κ1) is 15.3. The Kier molecular flexibility index (Phi) is 5.38. The van der Waals surface area contributed by atoms with Gasteiger partial charge < -0.3 is 14.8 Å². The summed E-state index contributed by atoms with van der Waals surface area (Å²) in [6, 6.07) is 5.26. The van der Waals surface area contributed by atoms with E-state index in [1.165, 1.54) is 0 Å². The zero-order chi connectivity index (χ0) is 14.5. The van der Waals surface area contributed by atoms with Crippen LogP contribution in [0.4, 0.5) is 4.39 Å². The maximum Gasteiger partial charge on any atom is 0.165 e. The van der Waals surface area contributed by atoms with E-state index in [0.29, 0.717) is 11.9 Å². The molecule has 0 aliphatic carbocycles. The molecule has 1 heterocycles. The molecule has 4 heteroatoms. The van der Waals surface area contributed by atoms with Crippen molar-refractivity contribution < 1.29 is 13.9 Å². The quantitative estimate of drug-likeness (QED) is 0.866. The molecular weight excluding hydrogens is 257 g/mol. The highest BCUT2D eigenvalue weighted by Crippen LogP contribution is 2.23. The van der Waals surface area contributed by atoms with Crippen molar-refractivity contribution in [3.05, 3.63) is 29.6 Å². The zero-order valence-electron chi connectivity index (χ0n) is 12.5. The fraction of sp³-hybridized carbons (Fsp3) is 0.625. The van der Waals surface area contributed by atoms with Gasteiger partial charge in [0.05, 0.1) is 12.2 Å². The van der Waals surface area contributed by atoms with Crippen molar-refractivity contribution in [1.29, 1.82) is 0 Å². The fourth-order valence-corrected chi connectivity index (χ4v) is 2.37. The molecule has 0 unspecified atom stereocenters. The Balaban J connectivity index is 1.92. The number of benzene rings is 1. The van der Waals surface area contributed by atoms with Crippen molar-refractivity contribution in [2.75, 3.05) is 13.2 Å². The molecule has 112 valence electrons. The van der Waals surface area contributed by atoms with Gasteiger partial charge in [0.2, 0.25) is 0 Å². The molecule has 1 aromatic carbocycles. The van der Waals surface area contributed by atoms with Crippen molar-refractivity contribution in [3.8, 4) is 5.75 Å². The SMILES string of the molecule is CC(C)Oc1ccc([C@H](C)NC[C@H]2CCCO2)cc1F. The molecule has 2 rings (SSSR count). The van der Waals surface area contributed by atoms with Gasteiger partial charge in [0.15, 0.2) is 11.6 Å². The maximum atomic E-state index is 13.9. The monoisotopic (exact) mass is 281 g/mol. The van der Waals surface area contributed by atoms with E-state index >= 15 is 0 Å². The summed E-state index contributed by atoms with van der Waals surface area (Å²) in [6.07, 6.45) is 2.52. The summed E-state index contributed by atoms with van der Waals surface area (Å²) >= 11 is 0. The van der Waals surface area contributed by atoms with Crippen LogP contribution >= 0.6 is 0 Å². The molecule has 20 heavy (non-hydrogen) atoms. The summed E-state index contributed by atoms with van der Waals surface area (Å²) in [6.45, 7) is 7.48. The Morgan fingerprint density at radius 3 is 2.80 bits per heavy atom. The van der Waals surface area contributed by atoms with Gasteiger partial charge in [0.25, 0.3) is 0 Å². The summed E-state index contributed by atoms with van der Waals surface area (Å²) in [4.78, 5) is 0. The van der Waals surface area contributed by atoms with Gasteiger partial charge in [-0.25, -0.2) is 4.39 Å². The van der Waals surface area contributed by atoms with Crippen LogP contribution in [0.15, 0.2) is 18.2 Å². The Hall–Kier alpha value is -1.13. The van der Waals surface area contributed by atoms with Gasteiger partial charge in [0.1, 0.15) is 0 Å². The molecule has 0 amide bonds. The number of rotatable bonds is 6. The second kappa shape index (κ2) is 7.04. The van der Waals surface area contributed by atoms with Gasteiger partial charge in [-0.15, -0.1) is 0 Å². The fourth-order valence-electron chi connectivity index (χ4n) is 2.37. The zero-order valence-corrected chi connectivity index (χ0v) is 12.5. The average Bonchev–Trinajstić information content (AvgIpc) is 2.91. The van der Waals surface area contributed by atoms with Gasteiger partial charge in [-0.1, -0.05) is 6.07 Å². The summed E-state index contributed by atoms with van der Waals surface area (Å²) in [5, 5.41) is 3.40. The largest absolute Gasteiger partial charge is 0.488 e. The first-order valence-electron chi connectivity index (χ1n) is 7.37. The standard InChI is InChI=1S/C16H24FNO2/c1-11(2)20-16-7-6-13(9-15(16)17)12(3)18-10-14-5-4-8-19-14/h6-7,9,11-12,14,18H,4-5,8,10H2,1-3H3/t12-,14+/m0/s1. The maximum absolute atomic E-state index is 13.9. The molecule has 0 bridgehead atoms. The molecule has 0 spiro atoms. The highest BCUT2D eigenvalue weighted by molar-refractivity contribution is 5.31. The van der Waals surface area contributed by atoms with E-state index in [1.54, 1.807) is 12.1 Å². The van der Waals surface area contributed by atoms with E-state index in [2.05, 4.69) is 5.32 Å². The van der Waals surface area contributed by atoms with Crippen molar-refractivity contribution in [3.63, 3.8) is 0 Å². The van der Waals surface area contributed by atoms with E-state index in [4.69, 9.17) is 9.47 Å². The van der Waals surface area contributed by atoms with Gasteiger partial charge in [-0.3, -0.25) is 0 Å². The minimum absolute atomic E-state index is 0.0228.